The Morgan fingerprint density at radius 2 is 2.03 bits per heavy atom. The largest absolute Gasteiger partial charge is 0.496 e. The first-order valence-corrected chi connectivity index (χ1v) is 9.56. The second kappa shape index (κ2) is 8.71. The van der Waals surface area contributed by atoms with Gasteiger partial charge >= 0.3 is 0 Å². The summed E-state index contributed by atoms with van der Waals surface area (Å²) in [6.07, 6.45) is 8.14. The summed E-state index contributed by atoms with van der Waals surface area (Å²) in [7, 11) is 1.66. The van der Waals surface area contributed by atoms with Crippen LogP contribution in [0.2, 0.25) is 0 Å². The molecule has 2 heterocycles. The topological polar surface area (TPSA) is 89.3 Å². The highest BCUT2D eigenvalue weighted by molar-refractivity contribution is 5.71. The molecule has 3 aromatic rings. The fourth-order valence-corrected chi connectivity index (χ4v) is 3.42. The Labute approximate surface area is 169 Å². The van der Waals surface area contributed by atoms with Crippen LogP contribution >= 0.6 is 0 Å². The van der Waals surface area contributed by atoms with Crippen molar-refractivity contribution in [3.63, 3.8) is 0 Å². The van der Waals surface area contributed by atoms with Gasteiger partial charge in [0, 0.05) is 11.6 Å². The minimum absolute atomic E-state index is 0.250. The molecule has 148 valence electrons. The lowest BCUT2D eigenvalue weighted by atomic mass is 10.1. The highest BCUT2D eigenvalue weighted by Crippen LogP contribution is 2.32. The number of nitrogens with zero attached hydrogens (tertiary/aromatic N) is 4. The number of ether oxygens (including phenoxy) is 2. The minimum Gasteiger partial charge on any atom is -0.496 e. The second-order valence-electron chi connectivity index (χ2n) is 6.92. The zero-order chi connectivity index (χ0) is 20.1. The molecule has 0 radical (unpaired) electrons. The lowest BCUT2D eigenvalue weighted by Crippen LogP contribution is -2.07. The van der Waals surface area contributed by atoms with Gasteiger partial charge in [-0.3, -0.25) is 5.10 Å². The zero-order valence-electron chi connectivity index (χ0n) is 16.2. The molecular formula is C21H22N6O2. The van der Waals surface area contributed by atoms with E-state index in [0.717, 1.165) is 35.4 Å². The van der Waals surface area contributed by atoms with E-state index in [4.69, 9.17) is 16.0 Å². The number of hydrogen-bond donors (Lipinski definition) is 2. The quantitative estimate of drug-likeness (QED) is 0.572. The van der Waals surface area contributed by atoms with Crippen LogP contribution in [0.15, 0.2) is 36.7 Å². The van der Waals surface area contributed by atoms with E-state index >= 15 is 0 Å². The zero-order valence-corrected chi connectivity index (χ0v) is 16.2. The van der Waals surface area contributed by atoms with E-state index in [-0.39, 0.29) is 5.82 Å². The van der Waals surface area contributed by atoms with Gasteiger partial charge in [-0.2, -0.15) is 5.10 Å². The molecule has 0 unspecified atom stereocenters. The summed E-state index contributed by atoms with van der Waals surface area (Å²) in [5.41, 5.74) is 2.82. The van der Waals surface area contributed by atoms with Crippen LogP contribution in [0.25, 0.3) is 16.1 Å². The number of aromatic nitrogens is 4. The van der Waals surface area contributed by atoms with Crippen molar-refractivity contribution >= 4 is 17.5 Å². The van der Waals surface area contributed by atoms with Crippen LogP contribution in [0.1, 0.15) is 31.2 Å². The molecule has 29 heavy (non-hydrogen) atoms. The molecule has 1 saturated carbocycles. The van der Waals surface area contributed by atoms with E-state index < -0.39 is 0 Å². The van der Waals surface area contributed by atoms with Gasteiger partial charge in [-0.1, -0.05) is 25.5 Å². The maximum Gasteiger partial charge on any atom is 0.288 e. The van der Waals surface area contributed by atoms with Crippen molar-refractivity contribution in [3.8, 4) is 17.0 Å². The average molecular weight is 390 g/mol. The van der Waals surface area contributed by atoms with Crippen LogP contribution in [0.5, 0.6) is 5.75 Å². The van der Waals surface area contributed by atoms with Gasteiger partial charge in [0.2, 0.25) is 0 Å². The first-order valence-electron chi connectivity index (χ1n) is 9.56. The average Bonchev–Trinajstić information content (AvgIpc) is 3.45. The molecule has 1 aliphatic rings. The summed E-state index contributed by atoms with van der Waals surface area (Å²) in [5, 5.41) is 10.4. The first-order chi connectivity index (χ1) is 14.2. The Kier molecular flexibility index (Phi) is 5.68. The molecular weight excluding hydrogens is 368 g/mol. The van der Waals surface area contributed by atoms with Crippen molar-refractivity contribution in [3.05, 3.63) is 53.6 Å². The van der Waals surface area contributed by atoms with Crippen molar-refractivity contribution in [1.82, 2.24) is 20.2 Å². The highest BCUT2D eigenvalue weighted by atomic mass is 16.5. The second-order valence-corrected chi connectivity index (χ2v) is 6.92. The Bertz CT molecular complexity index is 1000. The molecule has 2 aromatic heterocycles. The molecule has 4 rings (SSSR count). The predicted octanol–water partition coefficient (Wildman–Crippen LogP) is 4.63. The number of nitrogens with one attached hydrogen (secondary N) is 2. The van der Waals surface area contributed by atoms with Crippen LogP contribution in [-0.2, 0) is 11.3 Å². The van der Waals surface area contributed by atoms with Gasteiger partial charge in [0.15, 0.2) is 17.8 Å². The van der Waals surface area contributed by atoms with Crippen molar-refractivity contribution < 1.29 is 9.47 Å². The molecule has 1 aliphatic carbocycles. The summed E-state index contributed by atoms with van der Waals surface area (Å²) in [6, 6.07) is 7.94. The summed E-state index contributed by atoms with van der Waals surface area (Å²) in [4.78, 5) is 11.4. The number of anilines is 2. The summed E-state index contributed by atoms with van der Waals surface area (Å²) in [5.74, 6) is 2.12. The number of benzene rings is 1. The Morgan fingerprint density at radius 3 is 2.76 bits per heavy atom. The SMILES string of the molecule is [C-]#[N+]c1cnc(Nc2cc(-c3ccc(COC4CCCC4)cc3OC)[nH]n2)cn1. The number of aromatic amines is 1. The van der Waals surface area contributed by atoms with Gasteiger partial charge in [0.1, 0.15) is 5.75 Å². The molecule has 8 nitrogen and oxygen atoms in total. The number of methoxy groups -OCH3 is 1. The Hall–Kier alpha value is -3.44. The lowest BCUT2D eigenvalue weighted by Gasteiger charge is -2.13. The summed E-state index contributed by atoms with van der Waals surface area (Å²) >= 11 is 0. The third kappa shape index (κ3) is 4.52. The van der Waals surface area contributed by atoms with E-state index in [9.17, 15) is 0 Å². The maximum absolute atomic E-state index is 6.92. The highest BCUT2D eigenvalue weighted by Gasteiger charge is 2.16. The van der Waals surface area contributed by atoms with Gasteiger partial charge < -0.3 is 19.6 Å². The van der Waals surface area contributed by atoms with E-state index in [2.05, 4.69) is 36.4 Å². The van der Waals surface area contributed by atoms with Crippen LogP contribution < -0.4 is 10.1 Å². The van der Waals surface area contributed by atoms with E-state index in [1.54, 1.807) is 7.11 Å². The van der Waals surface area contributed by atoms with Crippen LogP contribution in [-0.4, -0.2) is 33.4 Å². The van der Waals surface area contributed by atoms with Gasteiger partial charge in [-0.15, -0.1) is 4.98 Å². The van der Waals surface area contributed by atoms with Gasteiger partial charge in [-0.25, -0.2) is 4.98 Å². The molecule has 0 spiro atoms. The van der Waals surface area contributed by atoms with Gasteiger partial charge in [0.05, 0.1) is 31.7 Å². The monoisotopic (exact) mass is 390 g/mol. The fraction of sp³-hybridized carbons (Fsp3) is 0.333. The van der Waals surface area contributed by atoms with E-state index in [1.165, 1.54) is 25.2 Å². The third-order valence-electron chi connectivity index (χ3n) is 4.93. The smallest absolute Gasteiger partial charge is 0.288 e. The maximum atomic E-state index is 6.92. The van der Waals surface area contributed by atoms with Crippen LogP contribution in [0, 0.1) is 6.57 Å². The van der Waals surface area contributed by atoms with Crippen molar-refractivity contribution in [2.75, 3.05) is 12.4 Å². The van der Waals surface area contributed by atoms with Crippen molar-refractivity contribution in [2.24, 2.45) is 0 Å². The summed E-state index contributed by atoms with van der Waals surface area (Å²) in [6.45, 7) is 7.52. The Balaban J connectivity index is 1.46. The molecule has 8 heteroatoms. The fourth-order valence-electron chi connectivity index (χ4n) is 3.42. The molecule has 0 bridgehead atoms. The molecule has 2 N–H and O–H groups in total. The standard InChI is InChI=1S/C21H22N6O2/c1-22-20-11-24-21(12-23-20)25-19-10-17(26-27-19)16-8-7-14(9-18(16)28-2)13-29-15-5-3-4-6-15/h7-12,15H,3-6,13H2,2H3,(H2,24,25,26,27). The molecule has 1 aromatic carbocycles. The molecule has 0 amide bonds. The van der Waals surface area contributed by atoms with Gasteiger partial charge in [0.25, 0.3) is 5.82 Å². The predicted molar refractivity (Wildman–Crippen MR) is 109 cm³/mol. The molecule has 0 saturated heterocycles. The molecule has 1 fully saturated rings. The first kappa shape index (κ1) is 18.9. The van der Waals surface area contributed by atoms with Crippen LogP contribution in [0.3, 0.4) is 0 Å². The minimum atomic E-state index is 0.250. The van der Waals surface area contributed by atoms with Gasteiger partial charge in [-0.05, 0) is 30.5 Å². The molecule has 0 aliphatic heterocycles. The van der Waals surface area contributed by atoms with Crippen molar-refractivity contribution in [2.45, 2.75) is 38.4 Å². The van der Waals surface area contributed by atoms with Crippen molar-refractivity contribution in [1.29, 1.82) is 0 Å². The number of H-pyrrole nitrogens is 1. The summed E-state index contributed by atoms with van der Waals surface area (Å²) < 4.78 is 11.6. The van der Waals surface area contributed by atoms with Crippen LogP contribution in [0.4, 0.5) is 17.5 Å². The lowest BCUT2D eigenvalue weighted by molar-refractivity contribution is 0.0456. The van der Waals surface area contributed by atoms with E-state index in [1.807, 2.05) is 18.2 Å². The molecule has 0 atom stereocenters. The number of hydrogen-bond acceptors (Lipinski definition) is 6. The Morgan fingerprint density at radius 1 is 1.17 bits per heavy atom. The third-order valence-corrected chi connectivity index (χ3v) is 4.93. The number of rotatable bonds is 7. The normalized spacial score (nSPS) is 13.9. The van der Waals surface area contributed by atoms with E-state index in [0.29, 0.717) is 24.3 Å².